The maximum Gasteiger partial charge on any atom is 0.168 e. The number of hydrogen-bond donors (Lipinski definition) is 0. The molecule has 0 bridgehead atoms. The molecule has 0 aliphatic carbocycles. The van der Waals surface area contributed by atoms with E-state index >= 15 is 0 Å². The predicted octanol–water partition coefficient (Wildman–Crippen LogP) is -7.50. The van der Waals surface area contributed by atoms with Crippen LogP contribution in [0.2, 0.25) is 0 Å². The van der Waals surface area contributed by atoms with E-state index in [4.69, 9.17) is 0 Å². The summed E-state index contributed by atoms with van der Waals surface area (Å²) in [6.07, 6.45) is 11.1. The second-order valence-corrected chi connectivity index (χ2v) is 8.96. The summed E-state index contributed by atoms with van der Waals surface area (Å²) < 4.78 is 7.06. The van der Waals surface area contributed by atoms with Crippen molar-refractivity contribution in [3.63, 3.8) is 0 Å². The Kier molecular flexibility index (Phi) is 30.5. The van der Waals surface area contributed by atoms with Crippen LogP contribution < -0.4 is 77.1 Å². The van der Waals surface area contributed by atoms with Gasteiger partial charge in [0.1, 0.15) is 0 Å². The number of rotatable bonds is 14. The van der Waals surface area contributed by atoms with E-state index in [1.54, 1.807) is 0 Å². The summed E-state index contributed by atoms with van der Waals surface area (Å²) in [5, 5.41) is 0. The molecule has 36 heavy (non-hydrogen) atoms. The zero-order valence-corrected chi connectivity index (χ0v) is 29.9. The lowest BCUT2D eigenvalue weighted by Gasteiger charge is -2.35. The normalized spacial score (nSPS) is 10.4. The van der Waals surface area contributed by atoms with Gasteiger partial charge in [0.05, 0.1) is 65.2 Å². The first kappa shape index (κ1) is 43.2. The molecule has 8 heteroatoms. The highest BCUT2D eigenvalue weighted by Crippen LogP contribution is 2.07. The van der Waals surface area contributed by atoms with Crippen LogP contribution in [0.15, 0.2) is 61.2 Å². The van der Waals surface area contributed by atoms with E-state index in [-0.39, 0.29) is 67.9 Å². The summed E-state index contributed by atoms with van der Waals surface area (Å²) in [5.74, 6) is 0. The van der Waals surface area contributed by atoms with Crippen LogP contribution in [0.3, 0.4) is 0 Å². The Morgan fingerprint density at radius 1 is 0.417 bits per heavy atom. The van der Waals surface area contributed by atoms with E-state index < -0.39 is 0 Å². The molecule has 0 spiro atoms. The molecule has 0 N–H and O–H groups in total. The number of quaternary nitrogens is 2. The van der Waals surface area contributed by atoms with Gasteiger partial charge in [-0.05, 0) is 41.5 Å². The van der Waals surface area contributed by atoms with Gasteiger partial charge < -0.3 is 76.9 Å². The Morgan fingerprint density at radius 3 is 0.889 bits per heavy atom. The standard InChI is InChI=1S/2C14H26N2.4BrH/c2*1-4-16(5-2,6-3)14-10-13-15-11-8-7-9-12-15;;;;/h2*7-9,11-12H,4-6,10,13-14H2,1-3H3;4*1H/q2*+2;;;;/p-4. The first-order valence-electron chi connectivity index (χ1n) is 13.1. The molecule has 0 aliphatic rings. The second-order valence-electron chi connectivity index (χ2n) is 8.96. The van der Waals surface area contributed by atoms with Gasteiger partial charge in [0.2, 0.25) is 0 Å². The van der Waals surface area contributed by atoms with Crippen molar-refractivity contribution in [2.45, 2.75) is 67.5 Å². The molecule has 0 unspecified atom stereocenters. The highest BCUT2D eigenvalue weighted by atomic mass is 79.9. The van der Waals surface area contributed by atoms with Crippen LogP contribution in [0.1, 0.15) is 54.4 Å². The number of hydrogen-bond acceptors (Lipinski definition) is 0. The monoisotopic (exact) mass is 760 g/mol. The molecule has 2 aromatic heterocycles. The molecule has 0 atom stereocenters. The topological polar surface area (TPSA) is 7.76 Å². The fourth-order valence-corrected chi connectivity index (χ4v) is 4.63. The van der Waals surface area contributed by atoms with Gasteiger partial charge in [-0.1, -0.05) is 12.1 Å². The van der Waals surface area contributed by atoms with E-state index in [0.29, 0.717) is 0 Å². The van der Waals surface area contributed by atoms with Gasteiger partial charge in [-0.15, -0.1) is 0 Å². The maximum absolute atomic E-state index is 2.31. The summed E-state index contributed by atoms with van der Waals surface area (Å²) in [4.78, 5) is 0. The van der Waals surface area contributed by atoms with Crippen molar-refractivity contribution in [3.8, 4) is 0 Å². The van der Waals surface area contributed by atoms with Crippen molar-refractivity contribution in [3.05, 3.63) is 61.2 Å². The molecule has 212 valence electrons. The van der Waals surface area contributed by atoms with Crippen molar-refractivity contribution in [1.82, 2.24) is 0 Å². The van der Waals surface area contributed by atoms with E-state index in [9.17, 15) is 0 Å². The number of aryl methyl sites for hydroxylation is 2. The van der Waals surface area contributed by atoms with Crippen molar-refractivity contribution in [1.29, 1.82) is 0 Å². The fraction of sp³-hybridized carbons (Fsp3) is 0.643. The number of nitrogens with zero attached hydrogens (tertiary/aromatic N) is 4. The van der Waals surface area contributed by atoms with Gasteiger partial charge in [0.15, 0.2) is 37.9 Å². The van der Waals surface area contributed by atoms with Crippen molar-refractivity contribution in [2.24, 2.45) is 0 Å². The molecule has 0 fully saturated rings. The van der Waals surface area contributed by atoms with E-state index in [1.165, 1.54) is 74.2 Å². The summed E-state index contributed by atoms with van der Waals surface area (Å²) in [6, 6.07) is 12.5. The van der Waals surface area contributed by atoms with Crippen LogP contribution in [-0.2, 0) is 13.1 Å². The number of pyridine rings is 2. The quantitative estimate of drug-likeness (QED) is 0.134. The van der Waals surface area contributed by atoms with E-state index in [2.05, 4.69) is 112 Å². The highest BCUT2D eigenvalue weighted by Gasteiger charge is 2.21. The van der Waals surface area contributed by atoms with Crippen LogP contribution in [0, 0.1) is 0 Å². The number of aromatic nitrogens is 2. The van der Waals surface area contributed by atoms with Gasteiger partial charge in [-0.2, -0.15) is 0 Å². The Balaban J connectivity index is -0.000000256. The van der Waals surface area contributed by atoms with E-state index in [1.807, 2.05) is 0 Å². The number of halogens is 4. The molecule has 4 nitrogen and oxygen atoms in total. The van der Waals surface area contributed by atoms with Crippen LogP contribution >= 0.6 is 0 Å². The van der Waals surface area contributed by atoms with E-state index in [0.717, 1.165) is 13.1 Å². The second kappa shape index (κ2) is 25.4. The van der Waals surface area contributed by atoms with Gasteiger partial charge in [0.25, 0.3) is 0 Å². The SMILES string of the molecule is CC[N+](CC)(CC)CCC[n+]1ccccc1.CC[N+](CC)(CC)CCC[n+]1ccccc1.[Br-].[Br-].[Br-].[Br-]. The van der Waals surface area contributed by atoms with Crippen LogP contribution in [0.25, 0.3) is 0 Å². The molecular weight excluding hydrogens is 712 g/mol. The summed E-state index contributed by atoms with van der Waals surface area (Å²) in [7, 11) is 0. The maximum atomic E-state index is 2.31. The van der Waals surface area contributed by atoms with Gasteiger partial charge >= 0.3 is 0 Å². The third-order valence-electron chi connectivity index (χ3n) is 7.68. The van der Waals surface area contributed by atoms with Crippen LogP contribution in [-0.4, -0.2) is 61.3 Å². The molecular formula is C28H52Br4N4. The Hall–Kier alpha value is 0.140. The van der Waals surface area contributed by atoms with Crippen molar-refractivity contribution in [2.75, 3.05) is 52.4 Å². The summed E-state index contributed by atoms with van der Waals surface area (Å²) in [5.41, 5.74) is 0. The summed E-state index contributed by atoms with van der Waals surface area (Å²) in [6.45, 7) is 26.3. The third kappa shape index (κ3) is 16.2. The molecule has 0 aromatic carbocycles. The zero-order valence-electron chi connectivity index (χ0n) is 23.6. The first-order chi connectivity index (χ1) is 15.5. The highest BCUT2D eigenvalue weighted by molar-refractivity contribution is 4.84. The Bertz CT molecular complexity index is 619. The Labute approximate surface area is 265 Å². The molecule has 0 amide bonds. The predicted molar refractivity (Wildman–Crippen MR) is 136 cm³/mol. The lowest BCUT2D eigenvalue weighted by molar-refractivity contribution is -0.925. The first-order valence-corrected chi connectivity index (χ1v) is 13.1. The zero-order chi connectivity index (χ0) is 23.7. The largest absolute Gasteiger partial charge is 1.00 e. The fourth-order valence-electron chi connectivity index (χ4n) is 4.63. The third-order valence-corrected chi connectivity index (χ3v) is 7.68. The molecule has 0 aliphatic heterocycles. The Morgan fingerprint density at radius 2 is 0.667 bits per heavy atom. The molecule has 0 saturated carbocycles. The van der Waals surface area contributed by atoms with Crippen LogP contribution in [0.5, 0.6) is 0 Å². The average Bonchev–Trinajstić information content (AvgIpc) is 2.87. The van der Waals surface area contributed by atoms with Crippen molar-refractivity contribution < 1.29 is 86.0 Å². The van der Waals surface area contributed by atoms with Gasteiger partial charge in [0, 0.05) is 24.3 Å². The van der Waals surface area contributed by atoms with Crippen LogP contribution in [0.4, 0.5) is 0 Å². The minimum absolute atomic E-state index is 0. The minimum atomic E-state index is 0. The molecule has 0 radical (unpaired) electrons. The van der Waals surface area contributed by atoms with Gasteiger partial charge in [-0.25, -0.2) is 9.13 Å². The lowest BCUT2D eigenvalue weighted by Crippen LogP contribution is -3.00. The molecule has 2 heterocycles. The molecule has 0 saturated heterocycles. The average molecular weight is 764 g/mol. The minimum Gasteiger partial charge on any atom is -1.00 e. The molecule has 2 aromatic rings. The summed E-state index contributed by atoms with van der Waals surface area (Å²) >= 11 is 0. The smallest absolute Gasteiger partial charge is 0.168 e. The van der Waals surface area contributed by atoms with Crippen molar-refractivity contribution >= 4 is 0 Å². The van der Waals surface area contributed by atoms with Gasteiger partial charge in [-0.3, -0.25) is 0 Å². The lowest BCUT2D eigenvalue weighted by atomic mass is 10.2. The molecule has 2 rings (SSSR count).